The molecule has 0 saturated heterocycles. The number of halogens is 2. The number of ether oxygens (including phenoxy) is 2. The molecule has 1 aliphatic carbocycles. The normalized spacial score (nSPS) is 23.7. The first kappa shape index (κ1) is 15.3. The van der Waals surface area contributed by atoms with Crippen molar-refractivity contribution in [3.05, 3.63) is 0 Å². The van der Waals surface area contributed by atoms with Crippen molar-refractivity contribution in [1.82, 2.24) is 0 Å². The van der Waals surface area contributed by atoms with Gasteiger partial charge >= 0.3 is 5.97 Å². The molecule has 1 rings (SSSR count). The minimum atomic E-state index is -2.57. The maximum atomic E-state index is 13.1. The zero-order valence-corrected chi connectivity index (χ0v) is 11.3. The Morgan fingerprint density at radius 2 is 2.06 bits per heavy atom. The predicted molar refractivity (Wildman–Crippen MR) is 63.6 cm³/mol. The largest absolute Gasteiger partial charge is 0.458 e. The van der Waals surface area contributed by atoms with E-state index in [1.807, 2.05) is 0 Å². The number of esters is 1. The summed E-state index contributed by atoms with van der Waals surface area (Å²) in [6.07, 6.45) is 1.09. The van der Waals surface area contributed by atoms with Crippen LogP contribution in [-0.4, -0.2) is 30.7 Å². The van der Waals surface area contributed by atoms with Crippen LogP contribution in [0.3, 0.4) is 0 Å². The second kappa shape index (κ2) is 5.95. The van der Waals surface area contributed by atoms with E-state index in [1.165, 1.54) is 0 Å². The van der Waals surface area contributed by atoms with Gasteiger partial charge in [-0.25, -0.2) is 13.6 Å². The first-order valence-electron chi connectivity index (χ1n) is 6.35. The summed E-state index contributed by atoms with van der Waals surface area (Å²) in [4.78, 5) is 11.3. The topological polar surface area (TPSA) is 35.5 Å². The van der Waals surface area contributed by atoms with E-state index in [2.05, 4.69) is 0 Å². The number of rotatable bonds is 4. The summed E-state index contributed by atoms with van der Waals surface area (Å²) in [5.74, 6) is -3.18. The van der Waals surface area contributed by atoms with Crippen molar-refractivity contribution < 1.29 is 23.0 Å². The summed E-state index contributed by atoms with van der Waals surface area (Å²) in [6, 6.07) is 0. The van der Waals surface area contributed by atoms with Crippen LogP contribution in [0.5, 0.6) is 0 Å². The lowest BCUT2D eigenvalue weighted by molar-refractivity contribution is -0.161. The van der Waals surface area contributed by atoms with Gasteiger partial charge in [-0.15, -0.1) is 0 Å². The summed E-state index contributed by atoms with van der Waals surface area (Å²) in [5.41, 5.74) is -0.543. The molecule has 0 aromatic carbocycles. The van der Waals surface area contributed by atoms with Gasteiger partial charge in [0.1, 0.15) is 12.2 Å². The highest BCUT2D eigenvalue weighted by Gasteiger charge is 2.36. The van der Waals surface area contributed by atoms with Crippen LogP contribution in [0.2, 0.25) is 0 Å². The molecule has 0 spiro atoms. The summed E-state index contributed by atoms with van der Waals surface area (Å²) in [5, 5.41) is 0. The van der Waals surface area contributed by atoms with Gasteiger partial charge in [-0.1, -0.05) is 0 Å². The van der Waals surface area contributed by atoms with Crippen LogP contribution in [-0.2, 0) is 14.3 Å². The van der Waals surface area contributed by atoms with Gasteiger partial charge < -0.3 is 9.47 Å². The molecule has 0 aromatic heterocycles. The number of alkyl halides is 2. The van der Waals surface area contributed by atoms with Gasteiger partial charge in [0.2, 0.25) is 5.92 Å². The molecule has 0 aliphatic heterocycles. The standard InChI is InChI=1S/C13H22F2O3/c1-12(2,3)18-11(16)9-17-8-10-5-4-6-13(14,15)7-10/h10H,4-9H2,1-3H3. The second-order valence-corrected chi connectivity index (χ2v) is 5.92. The molecule has 0 radical (unpaired) electrons. The van der Waals surface area contributed by atoms with Crippen molar-refractivity contribution in [1.29, 1.82) is 0 Å². The Hall–Kier alpha value is -0.710. The van der Waals surface area contributed by atoms with Crippen LogP contribution in [0.15, 0.2) is 0 Å². The molecule has 5 heteroatoms. The van der Waals surface area contributed by atoms with Crippen molar-refractivity contribution in [2.75, 3.05) is 13.2 Å². The molecule has 1 unspecified atom stereocenters. The predicted octanol–water partition coefficient (Wildman–Crippen LogP) is 3.17. The second-order valence-electron chi connectivity index (χ2n) is 5.92. The van der Waals surface area contributed by atoms with E-state index in [-0.39, 0.29) is 32.0 Å². The number of hydrogen-bond donors (Lipinski definition) is 0. The van der Waals surface area contributed by atoms with Gasteiger partial charge in [0.15, 0.2) is 0 Å². The monoisotopic (exact) mass is 264 g/mol. The van der Waals surface area contributed by atoms with E-state index in [4.69, 9.17) is 9.47 Å². The van der Waals surface area contributed by atoms with E-state index in [0.717, 1.165) is 6.42 Å². The summed E-state index contributed by atoms with van der Waals surface area (Å²) in [7, 11) is 0. The molecule has 3 nitrogen and oxygen atoms in total. The highest BCUT2D eigenvalue weighted by Crippen LogP contribution is 2.36. The fourth-order valence-corrected chi connectivity index (χ4v) is 2.10. The van der Waals surface area contributed by atoms with Crippen molar-refractivity contribution in [3.8, 4) is 0 Å². The van der Waals surface area contributed by atoms with Gasteiger partial charge in [0.25, 0.3) is 0 Å². The smallest absolute Gasteiger partial charge is 0.332 e. The Kier molecular flexibility index (Phi) is 5.08. The van der Waals surface area contributed by atoms with Crippen LogP contribution < -0.4 is 0 Å². The quantitative estimate of drug-likeness (QED) is 0.732. The Labute approximate surface area is 107 Å². The molecule has 1 fully saturated rings. The molecular weight excluding hydrogens is 242 g/mol. The van der Waals surface area contributed by atoms with Crippen LogP contribution in [0.4, 0.5) is 8.78 Å². The van der Waals surface area contributed by atoms with Gasteiger partial charge in [0.05, 0.1) is 6.61 Å². The highest BCUT2D eigenvalue weighted by atomic mass is 19.3. The molecule has 0 bridgehead atoms. The van der Waals surface area contributed by atoms with Crippen LogP contribution in [0.25, 0.3) is 0 Å². The van der Waals surface area contributed by atoms with Crippen LogP contribution in [0.1, 0.15) is 46.5 Å². The molecule has 0 amide bonds. The third-order valence-electron chi connectivity index (χ3n) is 2.74. The molecule has 1 aliphatic rings. The Morgan fingerprint density at radius 1 is 1.39 bits per heavy atom. The minimum absolute atomic E-state index is 0.0322. The van der Waals surface area contributed by atoms with Crippen molar-refractivity contribution in [2.45, 2.75) is 58.0 Å². The van der Waals surface area contributed by atoms with Gasteiger partial charge in [0, 0.05) is 12.8 Å². The highest BCUT2D eigenvalue weighted by molar-refractivity contribution is 5.71. The Bertz CT molecular complexity index is 284. The maximum Gasteiger partial charge on any atom is 0.332 e. The summed E-state index contributed by atoms with van der Waals surface area (Å²) >= 11 is 0. The fraction of sp³-hybridized carbons (Fsp3) is 0.923. The Morgan fingerprint density at radius 3 is 2.61 bits per heavy atom. The van der Waals surface area contributed by atoms with Crippen molar-refractivity contribution in [3.63, 3.8) is 0 Å². The number of hydrogen-bond acceptors (Lipinski definition) is 3. The lowest BCUT2D eigenvalue weighted by Gasteiger charge is -2.28. The summed E-state index contributed by atoms with van der Waals surface area (Å²) < 4.78 is 36.5. The average molecular weight is 264 g/mol. The Balaban J connectivity index is 2.20. The third kappa shape index (κ3) is 6.28. The van der Waals surface area contributed by atoms with E-state index >= 15 is 0 Å². The molecule has 18 heavy (non-hydrogen) atoms. The molecule has 1 atom stereocenters. The molecule has 1 saturated carbocycles. The molecule has 0 aromatic rings. The van der Waals surface area contributed by atoms with E-state index in [0.29, 0.717) is 6.42 Å². The zero-order valence-electron chi connectivity index (χ0n) is 11.3. The van der Waals surface area contributed by atoms with E-state index in [9.17, 15) is 13.6 Å². The average Bonchev–Trinajstić information content (AvgIpc) is 2.12. The van der Waals surface area contributed by atoms with E-state index in [1.54, 1.807) is 20.8 Å². The summed E-state index contributed by atoms with van der Waals surface area (Å²) in [6.45, 7) is 5.35. The van der Waals surface area contributed by atoms with Crippen molar-refractivity contribution >= 4 is 5.97 Å². The van der Waals surface area contributed by atoms with E-state index < -0.39 is 17.5 Å². The first-order chi connectivity index (χ1) is 8.18. The third-order valence-corrected chi connectivity index (χ3v) is 2.74. The molecule has 0 N–H and O–H groups in total. The molecule has 0 heterocycles. The molecule has 106 valence electrons. The maximum absolute atomic E-state index is 13.1. The van der Waals surface area contributed by atoms with Crippen molar-refractivity contribution in [2.24, 2.45) is 5.92 Å². The lowest BCUT2D eigenvalue weighted by Crippen LogP contribution is -2.30. The van der Waals surface area contributed by atoms with Crippen LogP contribution >= 0.6 is 0 Å². The minimum Gasteiger partial charge on any atom is -0.458 e. The zero-order chi connectivity index (χ0) is 13.8. The lowest BCUT2D eigenvalue weighted by atomic mass is 9.87. The molecular formula is C13H22F2O3. The SMILES string of the molecule is CC(C)(C)OC(=O)COCC1CCCC(F)(F)C1. The van der Waals surface area contributed by atoms with Gasteiger partial charge in [-0.2, -0.15) is 0 Å². The number of carbonyl (C=O) groups is 1. The number of carbonyl (C=O) groups excluding carboxylic acids is 1. The van der Waals surface area contributed by atoms with Crippen LogP contribution in [0, 0.1) is 5.92 Å². The van der Waals surface area contributed by atoms with Gasteiger partial charge in [-0.3, -0.25) is 0 Å². The first-order valence-corrected chi connectivity index (χ1v) is 6.35. The van der Waals surface area contributed by atoms with Gasteiger partial charge in [-0.05, 0) is 39.5 Å². The fourth-order valence-electron chi connectivity index (χ4n) is 2.10.